The Morgan fingerprint density at radius 1 is 1.35 bits per heavy atom. The summed E-state index contributed by atoms with van der Waals surface area (Å²) in [6.07, 6.45) is 2.51. The summed E-state index contributed by atoms with van der Waals surface area (Å²) < 4.78 is 5.36. The number of carboxylic acids is 1. The molecule has 1 atom stereocenters. The molecule has 2 rings (SSSR count). The second-order valence-corrected chi connectivity index (χ2v) is 6.42. The van der Waals surface area contributed by atoms with Crippen molar-refractivity contribution < 1.29 is 24.2 Å². The van der Waals surface area contributed by atoms with Crippen LogP contribution in [0.15, 0.2) is 18.3 Å². The van der Waals surface area contributed by atoms with Gasteiger partial charge in [0.25, 0.3) is 5.91 Å². The third-order valence-electron chi connectivity index (χ3n) is 3.42. The van der Waals surface area contributed by atoms with Crippen LogP contribution in [0.2, 0.25) is 0 Å². The van der Waals surface area contributed by atoms with E-state index in [1.165, 1.54) is 23.2 Å². The number of pyridine rings is 1. The fourth-order valence-electron chi connectivity index (χ4n) is 2.47. The number of carboxylic acid groups (broad SMARTS) is 1. The lowest BCUT2D eigenvalue weighted by Crippen LogP contribution is -2.43. The molecule has 0 aliphatic carbocycles. The molecule has 0 bridgehead atoms. The van der Waals surface area contributed by atoms with Crippen LogP contribution >= 0.6 is 0 Å². The first-order valence-corrected chi connectivity index (χ1v) is 7.42. The van der Waals surface area contributed by atoms with Crippen LogP contribution in [0.4, 0.5) is 0 Å². The molecule has 1 aromatic rings. The van der Waals surface area contributed by atoms with E-state index in [1.807, 2.05) is 0 Å². The van der Waals surface area contributed by atoms with Crippen molar-refractivity contribution in [2.24, 2.45) is 0 Å². The molecule has 2 heterocycles. The van der Waals surface area contributed by atoms with Gasteiger partial charge in [-0.3, -0.25) is 4.79 Å². The number of carbonyl (C=O) groups is 3. The van der Waals surface area contributed by atoms with Crippen molar-refractivity contribution in [2.45, 2.75) is 45.3 Å². The Morgan fingerprint density at radius 2 is 2.04 bits per heavy atom. The molecular formula is C16H20N2O5. The first-order valence-electron chi connectivity index (χ1n) is 7.42. The second kappa shape index (κ2) is 6.36. The second-order valence-electron chi connectivity index (χ2n) is 6.42. The maximum Gasteiger partial charge on any atom is 0.354 e. The summed E-state index contributed by atoms with van der Waals surface area (Å²) in [7, 11) is 0. The standard InChI is InChI=1S/C16H20N2O5/c1-16(2,3)23-15(22)12-5-4-8-18(12)13(19)10-6-7-17-11(9-10)14(20)21/h6-7,9,12H,4-5,8H2,1-3H3,(H,20,21)/t12-/m0/s1. The molecule has 1 aromatic heterocycles. The molecule has 23 heavy (non-hydrogen) atoms. The van der Waals surface area contributed by atoms with Crippen molar-refractivity contribution >= 4 is 17.8 Å². The zero-order valence-electron chi connectivity index (χ0n) is 13.4. The highest BCUT2D eigenvalue weighted by atomic mass is 16.6. The molecule has 1 fully saturated rings. The lowest BCUT2D eigenvalue weighted by atomic mass is 10.1. The van der Waals surface area contributed by atoms with Crippen molar-refractivity contribution in [1.82, 2.24) is 9.88 Å². The topological polar surface area (TPSA) is 96.8 Å². The molecule has 0 radical (unpaired) electrons. The molecule has 1 aliphatic rings. The van der Waals surface area contributed by atoms with Crippen LogP contribution in [0, 0.1) is 0 Å². The highest BCUT2D eigenvalue weighted by molar-refractivity contribution is 5.98. The highest BCUT2D eigenvalue weighted by Gasteiger charge is 2.37. The lowest BCUT2D eigenvalue weighted by Gasteiger charge is -2.27. The van der Waals surface area contributed by atoms with E-state index in [0.717, 1.165) is 0 Å². The predicted octanol–water partition coefficient (Wildman–Crippen LogP) is 1.73. The van der Waals surface area contributed by atoms with Gasteiger partial charge >= 0.3 is 11.9 Å². The Bertz CT molecular complexity index is 636. The largest absolute Gasteiger partial charge is 0.477 e. The Morgan fingerprint density at radius 3 is 2.65 bits per heavy atom. The molecule has 0 saturated carbocycles. The SMILES string of the molecule is CC(C)(C)OC(=O)[C@@H]1CCCN1C(=O)c1ccnc(C(=O)O)c1. The number of nitrogens with zero attached hydrogens (tertiary/aromatic N) is 2. The van der Waals surface area contributed by atoms with Crippen LogP contribution in [0.5, 0.6) is 0 Å². The number of aromatic nitrogens is 1. The van der Waals surface area contributed by atoms with E-state index in [-0.39, 0.29) is 17.2 Å². The zero-order valence-corrected chi connectivity index (χ0v) is 13.4. The summed E-state index contributed by atoms with van der Waals surface area (Å²) in [6.45, 7) is 5.75. The molecule has 0 unspecified atom stereocenters. The minimum Gasteiger partial charge on any atom is -0.477 e. The molecule has 1 aliphatic heterocycles. The van der Waals surface area contributed by atoms with Crippen LogP contribution in [0.3, 0.4) is 0 Å². The van der Waals surface area contributed by atoms with E-state index in [9.17, 15) is 14.4 Å². The quantitative estimate of drug-likeness (QED) is 0.852. The van der Waals surface area contributed by atoms with Gasteiger partial charge in [0.15, 0.2) is 0 Å². The van der Waals surface area contributed by atoms with Gasteiger partial charge in [-0.15, -0.1) is 0 Å². The number of hydrogen-bond acceptors (Lipinski definition) is 5. The maximum absolute atomic E-state index is 12.6. The van der Waals surface area contributed by atoms with E-state index in [2.05, 4.69) is 4.98 Å². The number of ether oxygens (including phenoxy) is 1. The lowest BCUT2D eigenvalue weighted by molar-refractivity contribution is -0.159. The van der Waals surface area contributed by atoms with Gasteiger partial charge in [0, 0.05) is 18.3 Å². The van der Waals surface area contributed by atoms with E-state index in [0.29, 0.717) is 19.4 Å². The Balaban J connectivity index is 2.19. The van der Waals surface area contributed by atoms with Gasteiger partial charge in [-0.05, 0) is 45.7 Å². The molecule has 7 heteroatoms. The fraction of sp³-hybridized carbons (Fsp3) is 0.500. The third-order valence-corrected chi connectivity index (χ3v) is 3.42. The summed E-state index contributed by atoms with van der Waals surface area (Å²) in [6, 6.07) is 2.03. The smallest absolute Gasteiger partial charge is 0.354 e. The Hall–Kier alpha value is -2.44. The summed E-state index contributed by atoms with van der Waals surface area (Å²) in [5.41, 5.74) is -0.627. The van der Waals surface area contributed by atoms with Gasteiger partial charge in [-0.1, -0.05) is 0 Å². The van der Waals surface area contributed by atoms with Crippen LogP contribution < -0.4 is 0 Å². The van der Waals surface area contributed by atoms with E-state index in [4.69, 9.17) is 9.84 Å². The molecule has 0 aromatic carbocycles. The number of likely N-dealkylation sites (tertiary alicyclic amines) is 1. The molecule has 1 amide bonds. The Kier molecular flexibility index (Phi) is 4.68. The van der Waals surface area contributed by atoms with Gasteiger partial charge in [-0.2, -0.15) is 0 Å². The van der Waals surface area contributed by atoms with Crippen molar-refractivity contribution in [2.75, 3.05) is 6.54 Å². The number of hydrogen-bond donors (Lipinski definition) is 1. The molecule has 0 spiro atoms. The molecule has 1 N–H and O–H groups in total. The number of carbonyl (C=O) groups excluding carboxylic acids is 2. The van der Waals surface area contributed by atoms with Crippen LogP contribution in [-0.2, 0) is 9.53 Å². The molecule has 7 nitrogen and oxygen atoms in total. The van der Waals surface area contributed by atoms with Gasteiger partial charge in [-0.25, -0.2) is 14.6 Å². The summed E-state index contributed by atoms with van der Waals surface area (Å²) in [5.74, 6) is -2.02. The maximum atomic E-state index is 12.6. The monoisotopic (exact) mass is 320 g/mol. The number of rotatable bonds is 3. The van der Waals surface area contributed by atoms with Crippen molar-refractivity contribution in [3.63, 3.8) is 0 Å². The van der Waals surface area contributed by atoms with Crippen molar-refractivity contribution in [1.29, 1.82) is 0 Å². The summed E-state index contributed by atoms with van der Waals surface area (Å²) in [4.78, 5) is 41.0. The highest BCUT2D eigenvalue weighted by Crippen LogP contribution is 2.23. The fourth-order valence-corrected chi connectivity index (χ4v) is 2.47. The average Bonchev–Trinajstić information content (AvgIpc) is 2.94. The predicted molar refractivity (Wildman–Crippen MR) is 81.1 cm³/mol. The van der Waals surface area contributed by atoms with E-state index >= 15 is 0 Å². The Labute approximate surface area is 134 Å². The first-order chi connectivity index (χ1) is 10.7. The van der Waals surface area contributed by atoms with E-state index in [1.54, 1.807) is 20.8 Å². The normalized spacial score (nSPS) is 17.9. The van der Waals surface area contributed by atoms with Crippen LogP contribution in [0.1, 0.15) is 54.5 Å². The number of aromatic carboxylic acids is 1. The minimum absolute atomic E-state index is 0.202. The van der Waals surface area contributed by atoms with Crippen molar-refractivity contribution in [3.05, 3.63) is 29.6 Å². The van der Waals surface area contributed by atoms with Crippen molar-refractivity contribution in [3.8, 4) is 0 Å². The molecular weight excluding hydrogens is 300 g/mol. The molecule has 124 valence electrons. The van der Waals surface area contributed by atoms with Gasteiger partial charge in [0.05, 0.1) is 0 Å². The zero-order chi connectivity index (χ0) is 17.2. The average molecular weight is 320 g/mol. The summed E-state index contributed by atoms with van der Waals surface area (Å²) >= 11 is 0. The molecule has 1 saturated heterocycles. The van der Waals surface area contributed by atoms with Crippen LogP contribution in [-0.4, -0.2) is 51.0 Å². The summed E-state index contributed by atoms with van der Waals surface area (Å²) in [5, 5.41) is 8.96. The first kappa shape index (κ1) is 16.9. The van der Waals surface area contributed by atoms with Gasteiger partial charge < -0.3 is 14.7 Å². The third kappa shape index (κ3) is 4.06. The number of amides is 1. The van der Waals surface area contributed by atoms with Crippen LogP contribution in [0.25, 0.3) is 0 Å². The van der Waals surface area contributed by atoms with Gasteiger partial charge in [0.1, 0.15) is 17.3 Å². The van der Waals surface area contributed by atoms with Gasteiger partial charge in [0.2, 0.25) is 0 Å². The van der Waals surface area contributed by atoms with E-state index < -0.39 is 23.6 Å². The number of esters is 1. The minimum atomic E-state index is -1.20.